The first-order chi connectivity index (χ1) is 20.4. The lowest BCUT2D eigenvalue weighted by atomic mass is 9.77. The molecule has 42 heavy (non-hydrogen) atoms. The van der Waals surface area contributed by atoms with Crippen molar-refractivity contribution in [2.24, 2.45) is 0 Å². The topological polar surface area (TPSA) is 92.0 Å². The molecule has 0 aliphatic carbocycles. The van der Waals surface area contributed by atoms with Gasteiger partial charge in [0.1, 0.15) is 22.8 Å². The first-order valence-corrected chi connectivity index (χ1v) is 13.3. The highest BCUT2D eigenvalue weighted by Crippen LogP contribution is 2.42. The van der Waals surface area contributed by atoms with Crippen LogP contribution in [-0.2, 0) is 15.1 Å². The fourth-order valence-electron chi connectivity index (χ4n) is 5.28. The smallest absolute Gasteiger partial charge is 0.337 e. The molecule has 1 N–H and O–H groups in total. The molecule has 0 spiro atoms. The van der Waals surface area contributed by atoms with Crippen LogP contribution in [0.2, 0.25) is 0 Å². The molecule has 0 amide bonds. The Kier molecular flexibility index (Phi) is 8.26. The molecular formula is C34H32N2O6. The van der Waals surface area contributed by atoms with Crippen LogP contribution in [0.3, 0.4) is 0 Å². The Hall–Kier alpha value is -5.08. The number of benzene rings is 4. The van der Waals surface area contributed by atoms with Gasteiger partial charge in [-0.2, -0.15) is 5.10 Å². The zero-order chi connectivity index (χ0) is 29.7. The van der Waals surface area contributed by atoms with E-state index in [2.05, 4.69) is 0 Å². The molecule has 1 atom stereocenters. The fourth-order valence-corrected chi connectivity index (χ4v) is 5.28. The number of nitrogens with zero attached hydrogens (tertiary/aromatic N) is 2. The monoisotopic (exact) mass is 564 g/mol. The van der Waals surface area contributed by atoms with Gasteiger partial charge < -0.3 is 24.1 Å². The van der Waals surface area contributed by atoms with Crippen LogP contribution in [0.4, 0.5) is 0 Å². The summed E-state index contributed by atoms with van der Waals surface area (Å²) in [6.07, 6.45) is 2.78. The zero-order valence-corrected chi connectivity index (χ0v) is 23.9. The number of rotatable bonds is 11. The van der Waals surface area contributed by atoms with Crippen LogP contribution >= 0.6 is 0 Å². The number of carboxylic acid groups (broad SMARTS) is 1. The van der Waals surface area contributed by atoms with Crippen molar-refractivity contribution in [3.63, 3.8) is 0 Å². The molecular weight excluding hydrogens is 532 g/mol. The molecule has 0 aliphatic rings. The number of hydrogen-bond donors (Lipinski definition) is 1. The Labute approximate surface area is 244 Å². The Morgan fingerprint density at radius 3 is 1.45 bits per heavy atom. The SMILES string of the molecule is COc1ccc(C(c2ccc(OC)cc2)(c2ccc(OC)cc2)n2cc(-c3ccc(C(OC)C(=O)O)cc3)cn2)cc1. The van der Waals surface area contributed by atoms with E-state index in [1.165, 1.54) is 7.11 Å². The van der Waals surface area contributed by atoms with Gasteiger partial charge in [-0.15, -0.1) is 0 Å². The third-order valence-corrected chi connectivity index (χ3v) is 7.46. The fraction of sp³-hybridized carbons (Fsp3) is 0.176. The second-order valence-electron chi connectivity index (χ2n) is 9.65. The van der Waals surface area contributed by atoms with Crippen molar-refractivity contribution >= 4 is 5.97 Å². The minimum atomic E-state index is -1.04. The normalized spacial score (nSPS) is 12.0. The van der Waals surface area contributed by atoms with E-state index in [4.69, 9.17) is 24.0 Å². The van der Waals surface area contributed by atoms with Gasteiger partial charge in [0.2, 0.25) is 0 Å². The van der Waals surface area contributed by atoms with Crippen LogP contribution in [-0.4, -0.2) is 49.3 Å². The van der Waals surface area contributed by atoms with Crippen molar-refractivity contribution in [2.45, 2.75) is 11.6 Å². The van der Waals surface area contributed by atoms with Gasteiger partial charge in [0.15, 0.2) is 6.10 Å². The Morgan fingerprint density at radius 1 is 0.667 bits per heavy atom. The van der Waals surface area contributed by atoms with Gasteiger partial charge in [0, 0.05) is 18.9 Å². The van der Waals surface area contributed by atoms with Crippen molar-refractivity contribution in [1.82, 2.24) is 9.78 Å². The Bertz CT molecular complexity index is 1510. The molecule has 0 fully saturated rings. The van der Waals surface area contributed by atoms with Gasteiger partial charge in [0.05, 0.1) is 27.5 Å². The standard InChI is InChI=1S/C34H32N2O6/c1-39-29-15-9-26(10-16-29)34(27-11-17-30(40-2)18-12-27,28-13-19-31(41-3)20-14-28)36-22-25(21-35-36)23-5-7-24(8-6-23)32(42-4)33(37)38/h5-22,32H,1-4H3,(H,37,38). The van der Waals surface area contributed by atoms with Gasteiger partial charge in [-0.3, -0.25) is 4.68 Å². The van der Waals surface area contributed by atoms with Gasteiger partial charge in [-0.1, -0.05) is 60.7 Å². The van der Waals surface area contributed by atoms with Crippen LogP contribution in [0.15, 0.2) is 109 Å². The highest BCUT2D eigenvalue weighted by Gasteiger charge is 2.40. The maximum Gasteiger partial charge on any atom is 0.337 e. The second kappa shape index (κ2) is 12.2. The summed E-state index contributed by atoms with van der Waals surface area (Å²) in [7, 11) is 6.32. The highest BCUT2D eigenvalue weighted by molar-refractivity contribution is 5.75. The maximum atomic E-state index is 11.6. The molecule has 4 aromatic carbocycles. The molecule has 1 aromatic heterocycles. The largest absolute Gasteiger partial charge is 0.497 e. The molecule has 0 saturated carbocycles. The van der Waals surface area contributed by atoms with Crippen LogP contribution in [0, 0.1) is 0 Å². The van der Waals surface area contributed by atoms with Crippen molar-refractivity contribution in [3.05, 3.63) is 132 Å². The van der Waals surface area contributed by atoms with Crippen molar-refractivity contribution in [1.29, 1.82) is 0 Å². The molecule has 0 aliphatic heterocycles. The number of hydrogen-bond acceptors (Lipinski definition) is 6. The van der Waals surface area contributed by atoms with Crippen LogP contribution in [0.25, 0.3) is 11.1 Å². The summed E-state index contributed by atoms with van der Waals surface area (Å²) in [6.45, 7) is 0. The minimum Gasteiger partial charge on any atom is -0.497 e. The number of ether oxygens (including phenoxy) is 4. The number of carbonyl (C=O) groups is 1. The summed E-state index contributed by atoms with van der Waals surface area (Å²) in [5.41, 5.74) is 4.33. The quantitative estimate of drug-likeness (QED) is 0.191. The zero-order valence-electron chi connectivity index (χ0n) is 23.9. The van der Waals surface area contributed by atoms with Crippen LogP contribution < -0.4 is 14.2 Å². The number of carboxylic acids is 1. The number of methoxy groups -OCH3 is 4. The number of aromatic nitrogens is 2. The third kappa shape index (κ3) is 5.20. The predicted molar refractivity (Wildman–Crippen MR) is 159 cm³/mol. The Morgan fingerprint density at radius 2 is 1.10 bits per heavy atom. The first kappa shape index (κ1) is 28.4. The molecule has 5 aromatic rings. The van der Waals surface area contributed by atoms with Gasteiger partial charge >= 0.3 is 5.97 Å². The van der Waals surface area contributed by atoms with E-state index >= 15 is 0 Å². The average Bonchev–Trinajstić information content (AvgIpc) is 3.53. The lowest BCUT2D eigenvalue weighted by Gasteiger charge is -2.36. The summed E-state index contributed by atoms with van der Waals surface area (Å²) in [5.74, 6) is 1.19. The Balaban J connectivity index is 1.71. The molecule has 0 bridgehead atoms. The van der Waals surface area contributed by atoms with E-state index in [-0.39, 0.29) is 0 Å². The molecule has 0 radical (unpaired) electrons. The van der Waals surface area contributed by atoms with Crippen LogP contribution in [0.5, 0.6) is 17.2 Å². The van der Waals surface area contributed by atoms with Gasteiger partial charge in [-0.05, 0) is 64.2 Å². The molecule has 5 rings (SSSR count). The van der Waals surface area contributed by atoms with E-state index in [1.807, 2.05) is 102 Å². The van der Waals surface area contributed by atoms with E-state index in [0.717, 1.165) is 45.1 Å². The summed E-state index contributed by atoms with van der Waals surface area (Å²) in [5, 5.41) is 14.4. The molecule has 214 valence electrons. The predicted octanol–water partition coefficient (Wildman–Crippen LogP) is 6.19. The van der Waals surface area contributed by atoms with Crippen LogP contribution in [0.1, 0.15) is 28.4 Å². The summed E-state index contributed by atoms with van der Waals surface area (Å²) < 4.78 is 23.5. The summed E-state index contributed by atoms with van der Waals surface area (Å²) in [4.78, 5) is 11.6. The summed E-state index contributed by atoms with van der Waals surface area (Å²) >= 11 is 0. The molecule has 1 heterocycles. The minimum absolute atomic E-state index is 0.560. The van der Waals surface area contributed by atoms with E-state index in [9.17, 15) is 9.90 Å². The lowest BCUT2D eigenvalue weighted by Crippen LogP contribution is -2.38. The molecule has 1 unspecified atom stereocenters. The maximum absolute atomic E-state index is 11.6. The van der Waals surface area contributed by atoms with Crippen molar-refractivity contribution in [3.8, 4) is 28.4 Å². The first-order valence-electron chi connectivity index (χ1n) is 13.3. The third-order valence-electron chi connectivity index (χ3n) is 7.46. The molecule has 0 saturated heterocycles. The second-order valence-corrected chi connectivity index (χ2v) is 9.65. The van der Waals surface area contributed by atoms with E-state index in [1.54, 1.807) is 33.5 Å². The van der Waals surface area contributed by atoms with Gasteiger partial charge in [0.25, 0.3) is 0 Å². The number of aliphatic carboxylic acids is 1. The lowest BCUT2D eigenvalue weighted by molar-refractivity contribution is -0.148. The van der Waals surface area contributed by atoms with E-state index in [0.29, 0.717) is 5.56 Å². The highest BCUT2D eigenvalue weighted by atomic mass is 16.5. The van der Waals surface area contributed by atoms with E-state index < -0.39 is 17.6 Å². The van der Waals surface area contributed by atoms with Gasteiger partial charge in [-0.25, -0.2) is 4.79 Å². The van der Waals surface area contributed by atoms with Crippen molar-refractivity contribution in [2.75, 3.05) is 28.4 Å². The molecule has 8 heteroatoms. The van der Waals surface area contributed by atoms with Crippen molar-refractivity contribution < 1.29 is 28.8 Å². The molecule has 8 nitrogen and oxygen atoms in total. The summed E-state index contributed by atoms with van der Waals surface area (Å²) in [6, 6.07) is 31.2. The average molecular weight is 565 g/mol.